The van der Waals surface area contributed by atoms with Gasteiger partial charge in [-0.05, 0) is 37.1 Å². The molecule has 0 aliphatic rings. The van der Waals surface area contributed by atoms with Crippen LogP contribution in [0.1, 0.15) is 19.3 Å². The quantitative estimate of drug-likeness (QED) is 0.439. The molecule has 0 aromatic heterocycles. The van der Waals surface area contributed by atoms with Gasteiger partial charge in [0.25, 0.3) is 5.91 Å². The molecule has 0 heterocycles. The molecule has 4 nitrogen and oxygen atoms in total. The van der Waals surface area contributed by atoms with E-state index in [-0.39, 0.29) is 18.5 Å². The fraction of sp³-hybridized carbons (Fsp3) is 0.385. The van der Waals surface area contributed by atoms with E-state index in [1.807, 2.05) is 12.1 Å². The molecule has 0 radical (unpaired) electrons. The highest BCUT2D eigenvalue weighted by Crippen LogP contribution is 2.13. The normalized spacial score (nSPS) is 10.0. The Balaban J connectivity index is 2.24. The van der Waals surface area contributed by atoms with Crippen molar-refractivity contribution >= 4 is 49.4 Å². The highest BCUT2D eigenvalue weighted by Gasteiger charge is 2.07. The zero-order valence-corrected chi connectivity index (χ0v) is 13.5. The van der Waals surface area contributed by atoms with Gasteiger partial charge in [0.1, 0.15) is 0 Å². The van der Waals surface area contributed by atoms with Crippen molar-refractivity contribution in [2.24, 2.45) is 0 Å². The van der Waals surface area contributed by atoms with Crippen molar-refractivity contribution in [2.45, 2.75) is 19.3 Å². The van der Waals surface area contributed by atoms with E-state index >= 15 is 0 Å². The van der Waals surface area contributed by atoms with Crippen LogP contribution in [0.25, 0.3) is 0 Å². The van der Waals surface area contributed by atoms with Crippen LogP contribution < -0.4 is 5.32 Å². The summed E-state index contributed by atoms with van der Waals surface area (Å²) >= 11 is 6.59. The number of hydrogen-bond acceptors (Lipinski definition) is 3. The molecular weight excluding hydrogens is 378 g/mol. The summed E-state index contributed by atoms with van der Waals surface area (Å²) in [6, 6.07) is 7.17. The molecule has 1 N–H and O–H groups in total. The van der Waals surface area contributed by atoms with Crippen molar-refractivity contribution in [3.8, 4) is 0 Å². The molecule has 0 saturated heterocycles. The van der Waals surface area contributed by atoms with Crippen molar-refractivity contribution in [1.82, 2.24) is 0 Å². The van der Waals surface area contributed by atoms with Crippen LogP contribution in [0.5, 0.6) is 0 Å². The van der Waals surface area contributed by atoms with E-state index in [0.717, 1.165) is 22.6 Å². The van der Waals surface area contributed by atoms with Gasteiger partial charge in [-0.15, -0.1) is 0 Å². The summed E-state index contributed by atoms with van der Waals surface area (Å²) in [5.41, 5.74) is 0.670. The Labute approximate surface area is 129 Å². The van der Waals surface area contributed by atoms with Crippen LogP contribution in [0.4, 0.5) is 5.69 Å². The Kier molecular flexibility index (Phi) is 7.74. The van der Waals surface area contributed by atoms with Crippen LogP contribution in [-0.2, 0) is 14.3 Å². The van der Waals surface area contributed by atoms with E-state index in [4.69, 9.17) is 4.74 Å². The SMILES string of the molecule is O=C(COC(=O)CCCCBr)Nc1ccc(Br)cc1. The van der Waals surface area contributed by atoms with E-state index < -0.39 is 0 Å². The third-order valence-electron chi connectivity index (χ3n) is 2.26. The van der Waals surface area contributed by atoms with Crippen LogP contribution >= 0.6 is 31.9 Å². The molecule has 0 saturated carbocycles. The monoisotopic (exact) mass is 391 g/mol. The predicted molar refractivity (Wildman–Crippen MR) is 81.4 cm³/mol. The first-order valence-electron chi connectivity index (χ1n) is 5.89. The smallest absolute Gasteiger partial charge is 0.306 e. The van der Waals surface area contributed by atoms with Gasteiger partial charge < -0.3 is 10.1 Å². The van der Waals surface area contributed by atoms with E-state index in [1.165, 1.54) is 0 Å². The number of rotatable bonds is 7. The summed E-state index contributed by atoms with van der Waals surface area (Å²) in [5.74, 6) is -0.678. The largest absolute Gasteiger partial charge is 0.456 e. The van der Waals surface area contributed by atoms with E-state index in [1.54, 1.807) is 12.1 Å². The van der Waals surface area contributed by atoms with Gasteiger partial charge in [0.05, 0.1) is 0 Å². The number of ether oxygens (including phenoxy) is 1. The van der Waals surface area contributed by atoms with Gasteiger partial charge in [-0.3, -0.25) is 9.59 Å². The molecule has 0 aliphatic carbocycles. The number of unbranched alkanes of at least 4 members (excludes halogenated alkanes) is 1. The Morgan fingerprint density at radius 1 is 1.16 bits per heavy atom. The first-order valence-corrected chi connectivity index (χ1v) is 7.80. The second-order valence-electron chi connectivity index (χ2n) is 3.86. The number of halogens is 2. The zero-order chi connectivity index (χ0) is 14.1. The molecule has 0 bridgehead atoms. The van der Waals surface area contributed by atoms with Crippen LogP contribution in [0.3, 0.4) is 0 Å². The van der Waals surface area contributed by atoms with Crippen LogP contribution in [0, 0.1) is 0 Å². The maximum absolute atomic E-state index is 11.5. The molecule has 0 aliphatic heterocycles. The molecule has 1 aromatic rings. The maximum atomic E-state index is 11.5. The minimum atomic E-state index is -0.341. The van der Waals surface area contributed by atoms with Gasteiger partial charge in [0, 0.05) is 21.9 Å². The maximum Gasteiger partial charge on any atom is 0.306 e. The molecule has 0 unspecified atom stereocenters. The van der Waals surface area contributed by atoms with E-state index in [0.29, 0.717) is 12.1 Å². The number of nitrogens with one attached hydrogen (secondary N) is 1. The molecule has 104 valence electrons. The number of hydrogen-bond donors (Lipinski definition) is 1. The van der Waals surface area contributed by atoms with Crippen molar-refractivity contribution in [1.29, 1.82) is 0 Å². The van der Waals surface area contributed by atoms with Crippen molar-refractivity contribution in [2.75, 3.05) is 17.3 Å². The summed E-state index contributed by atoms with van der Waals surface area (Å²) in [6.07, 6.45) is 2.02. The number of amides is 1. The lowest BCUT2D eigenvalue weighted by Crippen LogP contribution is -2.20. The minimum absolute atomic E-state index is 0.247. The Morgan fingerprint density at radius 2 is 1.84 bits per heavy atom. The average Bonchev–Trinajstić information content (AvgIpc) is 2.39. The number of carbonyl (C=O) groups is 2. The molecule has 19 heavy (non-hydrogen) atoms. The van der Waals surface area contributed by atoms with Gasteiger partial charge >= 0.3 is 5.97 Å². The summed E-state index contributed by atoms with van der Waals surface area (Å²) in [7, 11) is 0. The first kappa shape index (κ1) is 16.2. The fourth-order valence-electron chi connectivity index (χ4n) is 1.31. The highest BCUT2D eigenvalue weighted by atomic mass is 79.9. The predicted octanol–water partition coefficient (Wildman–Crippen LogP) is 3.50. The standard InChI is InChI=1S/C13H15Br2NO3/c14-8-2-1-3-13(18)19-9-12(17)16-11-6-4-10(15)5-7-11/h4-7H,1-3,8-9H2,(H,16,17). The van der Waals surface area contributed by atoms with Gasteiger partial charge in [0.15, 0.2) is 6.61 Å². The topological polar surface area (TPSA) is 55.4 Å². The van der Waals surface area contributed by atoms with Gasteiger partial charge in [-0.1, -0.05) is 31.9 Å². The van der Waals surface area contributed by atoms with Gasteiger partial charge in [0.2, 0.25) is 0 Å². The van der Waals surface area contributed by atoms with Gasteiger partial charge in [-0.2, -0.15) is 0 Å². The molecule has 1 amide bonds. The third kappa shape index (κ3) is 7.32. The first-order chi connectivity index (χ1) is 9.11. The summed E-state index contributed by atoms with van der Waals surface area (Å²) in [4.78, 5) is 22.8. The highest BCUT2D eigenvalue weighted by molar-refractivity contribution is 9.10. The average molecular weight is 393 g/mol. The third-order valence-corrected chi connectivity index (χ3v) is 3.35. The van der Waals surface area contributed by atoms with Crippen LogP contribution in [-0.4, -0.2) is 23.8 Å². The molecular formula is C13H15Br2NO3. The summed E-state index contributed by atoms with van der Waals surface area (Å²) in [5, 5.41) is 3.51. The number of esters is 1. The lowest BCUT2D eigenvalue weighted by Gasteiger charge is -2.06. The van der Waals surface area contributed by atoms with E-state index in [9.17, 15) is 9.59 Å². The second-order valence-corrected chi connectivity index (χ2v) is 5.57. The lowest BCUT2D eigenvalue weighted by atomic mass is 10.2. The number of alkyl halides is 1. The van der Waals surface area contributed by atoms with Crippen LogP contribution in [0.15, 0.2) is 28.7 Å². The summed E-state index contributed by atoms with van der Waals surface area (Å²) < 4.78 is 5.80. The molecule has 0 spiro atoms. The number of carbonyl (C=O) groups excluding carboxylic acids is 2. The molecule has 0 fully saturated rings. The van der Waals surface area contributed by atoms with Crippen molar-refractivity contribution in [3.63, 3.8) is 0 Å². The summed E-state index contributed by atoms with van der Waals surface area (Å²) in [6.45, 7) is -0.247. The molecule has 0 atom stereocenters. The Bertz CT molecular complexity index is 420. The van der Waals surface area contributed by atoms with Crippen LogP contribution in [0.2, 0.25) is 0 Å². The molecule has 1 aromatic carbocycles. The van der Waals surface area contributed by atoms with E-state index in [2.05, 4.69) is 37.2 Å². The number of anilines is 1. The second kappa shape index (κ2) is 9.09. The van der Waals surface area contributed by atoms with Crippen molar-refractivity contribution < 1.29 is 14.3 Å². The molecule has 6 heteroatoms. The molecule has 1 rings (SSSR count). The van der Waals surface area contributed by atoms with Gasteiger partial charge in [-0.25, -0.2) is 0 Å². The van der Waals surface area contributed by atoms with Crippen molar-refractivity contribution in [3.05, 3.63) is 28.7 Å². The lowest BCUT2D eigenvalue weighted by molar-refractivity contribution is -0.147. The Hall–Kier alpha value is -0.880. The Morgan fingerprint density at radius 3 is 2.47 bits per heavy atom. The minimum Gasteiger partial charge on any atom is -0.456 e. The fourth-order valence-corrected chi connectivity index (χ4v) is 1.97. The number of benzene rings is 1. The zero-order valence-electron chi connectivity index (χ0n) is 10.3.